The van der Waals surface area contributed by atoms with Gasteiger partial charge in [-0.3, -0.25) is 9.52 Å². The number of thiazole rings is 1. The van der Waals surface area contributed by atoms with Crippen molar-refractivity contribution in [2.45, 2.75) is 4.90 Å². The number of hydrogen-bond donors (Lipinski definition) is 1. The van der Waals surface area contributed by atoms with Crippen molar-refractivity contribution in [3.63, 3.8) is 0 Å². The molecule has 1 fully saturated rings. The monoisotopic (exact) mass is 428 g/mol. The Hall–Kier alpha value is -2.91. The fourth-order valence-corrected chi connectivity index (χ4v) is 4.91. The van der Waals surface area contributed by atoms with Crippen molar-refractivity contribution in [2.75, 3.05) is 35.8 Å². The third kappa shape index (κ3) is 4.41. The van der Waals surface area contributed by atoms with Crippen molar-refractivity contribution >= 4 is 38.1 Å². The van der Waals surface area contributed by atoms with Gasteiger partial charge in [0.25, 0.3) is 15.9 Å². The lowest BCUT2D eigenvalue weighted by molar-refractivity contribution is 0.0746. The normalized spacial score (nSPS) is 14.6. The molecule has 150 valence electrons. The molecule has 7 nitrogen and oxygen atoms in total. The zero-order valence-corrected chi connectivity index (χ0v) is 17.2. The van der Waals surface area contributed by atoms with Crippen LogP contribution in [0.3, 0.4) is 0 Å². The molecule has 1 aliphatic heterocycles. The maximum absolute atomic E-state index is 12.8. The van der Waals surface area contributed by atoms with E-state index in [1.807, 2.05) is 11.4 Å². The topological polar surface area (TPSA) is 82.6 Å². The van der Waals surface area contributed by atoms with E-state index in [1.165, 1.54) is 12.1 Å². The minimum absolute atomic E-state index is 0.0937. The maximum atomic E-state index is 12.8. The van der Waals surface area contributed by atoms with E-state index < -0.39 is 10.0 Å². The number of para-hydroxylation sites is 1. The molecule has 9 heteroatoms. The van der Waals surface area contributed by atoms with E-state index in [0.717, 1.165) is 18.2 Å². The molecule has 0 bridgehead atoms. The van der Waals surface area contributed by atoms with Crippen LogP contribution in [0.1, 0.15) is 10.4 Å². The highest BCUT2D eigenvalue weighted by Crippen LogP contribution is 2.21. The Bertz CT molecular complexity index is 1060. The van der Waals surface area contributed by atoms with Gasteiger partial charge in [-0.05, 0) is 36.4 Å². The molecule has 2 heterocycles. The molecule has 0 radical (unpaired) electrons. The van der Waals surface area contributed by atoms with E-state index in [9.17, 15) is 13.2 Å². The SMILES string of the molecule is O=C(c1ccc(S(=O)(=O)Nc2ccccc2)cc1)N1CCN(c2nccs2)CC1. The van der Waals surface area contributed by atoms with Gasteiger partial charge >= 0.3 is 0 Å². The van der Waals surface area contributed by atoms with Gasteiger partial charge in [0.1, 0.15) is 0 Å². The molecular weight excluding hydrogens is 408 g/mol. The Morgan fingerprint density at radius 2 is 1.66 bits per heavy atom. The zero-order valence-electron chi connectivity index (χ0n) is 15.6. The first kappa shape index (κ1) is 19.4. The average Bonchev–Trinajstić information content (AvgIpc) is 3.29. The number of amides is 1. The van der Waals surface area contributed by atoms with E-state index in [1.54, 1.807) is 58.8 Å². The molecule has 3 aromatic rings. The number of carbonyl (C=O) groups excluding carboxylic acids is 1. The molecular formula is C20H20N4O3S2. The van der Waals surface area contributed by atoms with E-state index >= 15 is 0 Å². The first-order valence-corrected chi connectivity index (χ1v) is 11.5. The van der Waals surface area contributed by atoms with Gasteiger partial charge in [0, 0.05) is 49.0 Å². The van der Waals surface area contributed by atoms with Gasteiger partial charge in [-0.1, -0.05) is 18.2 Å². The van der Waals surface area contributed by atoms with Gasteiger partial charge in [0.15, 0.2) is 5.13 Å². The van der Waals surface area contributed by atoms with Crippen molar-refractivity contribution in [2.24, 2.45) is 0 Å². The van der Waals surface area contributed by atoms with Crippen LogP contribution in [0.5, 0.6) is 0 Å². The molecule has 0 saturated carbocycles. The van der Waals surface area contributed by atoms with Crippen LogP contribution < -0.4 is 9.62 Å². The molecule has 29 heavy (non-hydrogen) atoms. The minimum Gasteiger partial charge on any atom is -0.345 e. The first-order valence-electron chi connectivity index (χ1n) is 9.14. The smallest absolute Gasteiger partial charge is 0.261 e. The van der Waals surface area contributed by atoms with Crippen molar-refractivity contribution in [3.05, 3.63) is 71.7 Å². The van der Waals surface area contributed by atoms with E-state index in [4.69, 9.17) is 0 Å². The molecule has 4 rings (SSSR count). The summed E-state index contributed by atoms with van der Waals surface area (Å²) in [5.74, 6) is -0.0937. The Balaban J connectivity index is 1.40. The number of carbonyl (C=O) groups is 1. The summed E-state index contributed by atoms with van der Waals surface area (Å²) in [6, 6.07) is 14.7. The Morgan fingerprint density at radius 3 is 2.28 bits per heavy atom. The van der Waals surface area contributed by atoms with Crippen LogP contribution in [0, 0.1) is 0 Å². The van der Waals surface area contributed by atoms with Gasteiger partial charge in [-0.25, -0.2) is 13.4 Å². The number of rotatable bonds is 5. The number of nitrogens with one attached hydrogen (secondary N) is 1. The van der Waals surface area contributed by atoms with Crippen LogP contribution in [-0.4, -0.2) is 50.4 Å². The summed E-state index contributed by atoms with van der Waals surface area (Å²) in [7, 11) is -3.70. The number of piperazine rings is 1. The van der Waals surface area contributed by atoms with Crippen molar-refractivity contribution < 1.29 is 13.2 Å². The van der Waals surface area contributed by atoms with Crippen LogP contribution >= 0.6 is 11.3 Å². The van der Waals surface area contributed by atoms with Gasteiger partial charge < -0.3 is 9.80 Å². The highest BCUT2D eigenvalue weighted by atomic mass is 32.2. The van der Waals surface area contributed by atoms with Crippen molar-refractivity contribution in [1.82, 2.24) is 9.88 Å². The second-order valence-electron chi connectivity index (χ2n) is 6.59. The van der Waals surface area contributed by atoms with Crippen LogP contribution in [-0.2, 0) is 10.0 Å². The van der Waals surface area contributed by atoms with Gasteiger partial charge in [-0.15, -0.1) is 11.3 Å². The minimum atomic E-state index is -3.70. The number of sulfonamides is 1. The van der Waals surface area contributed by atoms with Crippen LogP contribution in [0.25, 0.3) is 0 Å². The zero-order chi connectivity index (χ0) is 20.3. The van der Waals surface area contributed by atoms with Crippen LogP contribution in [0.4, 0.5) is 10.8 Å². The van der Waals surface area contributed by atoms with Crippen LogP contribution in [0.2, 0.25) is 0 Å². The van der Waals surface area contributed by atoms with Gasteiger partial charge in [0.2, 0.25) is 0 Å². The lowest BCUT2D eigenvalue weighted by atomic mass is 10.2. The fraction of sp³-hybridized carbons (Fsp3) is 0.200. The molecule has 1 amide bonds. The number of benzene rings is 2. The lowest BCUT2D eigenvalue weighted by Gasteiger charge is -2.34. The molecule has 0 spiro atoms. The standard InChI is InChI=1S/C20H20N4O3S2/c25-19(23-11-13-24(14-12-23)20-21-10-15-28-20)16-6-8-18(9-7-16)29(26,27)22-17-4-2-1-3-5-17/h1-10,15,22H,11-14H2. The number of nitrogens with zero attached hydrogens (tertiary/aromatic N) is 3. The number of hydrogen-bond acceptors (Lipinski definition) is 6. The summed E-state index contributed by atoms with van der Waals surface area (Å²) >= 11 is 1.59. The van der Waals surface area contributed by atoms with Gasteiger partial charge in [0.05, 0.1) is 4.90 Å². The molecule has 0 aliphatic carbocycles. The average molecular weight is 429 g/mol. The summed E-state index contributed by atoms with van der Waals surface area (Å²) in [5.41, 5.74) is 0.970. The van der Waals surface area contributed by atoms with Crippen LogP contribution in [0.15, 0.2) is 71.1 Å². The third-order valence-electron chi connectivity index (χ3n) is 4.69. The lowest BCUT2D eigenvalue weighted by Crippen LogP contribution is -2.48. The van der Waals surface area contributed by atoms with E-state index in [0.29, 0.717) is 24.3 Å². The quantitative estimate of drug-likeness (QED) is 0.676. The largest absolute Gasteiger partial charge is 0.345 e. The fourth-order valence-electron chi connectivity index (χ4n) is 3.15. The van der Waals surface area contributed by atoms with Gasteiger partial charge in [-0.2, -0.15) is 0 Å². The molecule has 2 aromatic carbocycles. The summed E-state index contributed by atoms with van der Waals surface area (Å²) in [6.07, 6.45) is 1.78. The summed E-state index contributed by atoms with van der Waals surface area (Å²) in [6.45, 7) is 2.67. The predicted molar refractivity (Wildman–Crippen MR) is 114 cm³/mol. The molecule has 0 unspecified atom stereocenters. The number of aromatic nitrogens is 1. The highest BCUT2D eigenvalue weighted by Gasteiger charge is 2.24. The maximum Gasteiger partial charge on any atom is 0.261 e. The summed E-state index contributed by atoms with van der Waals surface area (Å²) in [5, 5.41) is 2.91. The Labute approximate surface area is 173 Å². The highest BCUT2D eigenvalue weighted by molar-refractivity contribution is 7.92. The summed E-state index contributed by atoms with van der Waals surface area (Å²) in [4.78, 5) is 21.2. The second kappa shape index (κ2) is 8.22. The Morgan fingerprint density at radius 1 is 0.966 bits per heavy atom. The molecule has 1 saturated heterocycles. The molecule has 1 N–H and O–H groups in total. The molecule has 1 aromatic heterocycles. The molecule has 1 aliphatic rings. The van der Waals surface area contributed by atoms with E-state index in [-0.39, 0.29) is 10.8 Å². The first-order chi connectivity index (χ1) is 14.0. The second-order valence-corrected chi connectivity index (χ2v) is 9.15. The summed E-state index contributed by atoms with van der Waals surface area (Å²) < 4.78 is 27.6. The Kier molecular flexibility index (Phi) is 5.50. The van der Waals surface area contributed by atoms with Crippen molar-refractivity contribution in [1.29, 1.82) is 0 Å². The van der Waals surface area contributed by atoms with E-state index in [2.05, 4.69) is 14.6 Å². The molecule has 0 atom stereocenters. The number of anilines is 2. The predicted octanol–water partition coefficient (Wildman–Crippen LogP) is 2.91. The van der Waals surface area contributed by atoms with Crippen molar-refractivity contribution in [3.8, 4) is 0 Å². The third-order valence-corrected chi connectivity index (χ3v) is 6.92.